The largest absolute Gasteiger partial charge is 0.398 e. The van der Waals surface area contributed by atoms with Crippen LogP contribution in [0.15, 0.2) is 64.6 Å². The number of aromatic amines is 1. The van der Waals surface area contributed by atoms with Crippen LogP contribution < -0.4 is 11.1 Å². The molecule has 0 aliphatic heterocycles. The molecule has 124 valence electrons. The van der Waals surface area contributed by atoms with Gasteiger partial charge in [0, 0.05) is 27.7 Å². The zero-order valence-electron chi connectivity index (χ0n) is 13.5. The molecular formula is C18H16N6S. The topological polar surface area (TPSA) is 92.5 Å². The van der Waals surface area contributed by atoms with Crippen LogP contribution in [0.3, 0.4) is 0 Å². The first-order chi connectivity index (χ1) is 12.2. The van der Waals surface area contributed by atoms with E-state index in [1.807, 2.05) is 61.5 Å². The molecule has 0 spiro atoms. The van der Waals surface area contributed by atoms with E-state index in [4.69, 9.17) is 5.73 Å². The summed E-state index contributed by atoms with van der Waals surface area (Å²) in [6.07, 6.45) is 0. The van der Waals surface area contributed by atoms with Crippen LogP contribution in [0.5, 0.6) is 0 Å². The van der Waals surface area contributed by atoms with Crippen molar-refractivity contribution in [1.29, 1.82) is 0 Å². The molecule has 4 N–H and O–H groups in total. The zero-order valence-corrected chi connectivity index (χ0v) is 14.3. The maximum atomic E-state index is 6.04. The third kappa shape index (κ3) is 3.27. The van der Waals surface area contributed by atoms with Crippen molar-refractivity contribution in [3.63, 3.8) is 0 Å². The second-order valence-corrected chi connectivity index (χ2v) is 6.58. The van der Waals surface area contributed by atoms with Gasteiger partial charge in [0.15, 0.2) is 11.0 Å². The number of nitrogens with zero attached hydrogens (tertiary/aromatic N) is 3. The van der Waals surface area contributed by atoms with Crippen LogP contribution in [0, 0.1) is 6.92 Å². The lowest BCUT2D eigenvalue weighted by molar-refractivity contribution is 1.00. The third-order valence-corrected chi connectivity index (χ3v) is 4.61. The van der Waals surface area contributed by atoms with E-state index in [-0.39, 0.29) is 0 Å². The van der Waals surface area contributed by atoms with Gasteiger partial charge in [0.25, 0.3) is 0 Å². The van der Waals surface area contributed by atoms with Gasteiger partial charge in [0.1, 0.15) is 5.82 Å². The minimum atomic E-state index is 0.631. The van der Waals surface area contributed by atoms with Gasteiger partial charge in [0.05, 0.1) is 5.52 Å². The molecule has 0 aliphatic rings. The predicted octanol–water partition coefficient (Wildman–Crippen LogP) is 4.14. The number of rotatable bonds is 4. The lowest BCUT2D eigenvalue weighted by atomic mass is 10.2. The van der Waals surface area contributed by atoms with Crippen molar-refractivity contribution >= 4 is 40.0 Å². The van der Waals surface area contributed by atoms with Crippen LogP contribution >= 0.6 is 11.8 Å². The standard InChI is InChI=1S/C18H16N6S/c1-11-10-16(24-23-11)21-17-12-6-2-4-8-14(12)20-18(22-17)25-15-9-5-3-7-13(15)19/h2-10H,19H2,1H3,(H2,20,21,22,23,24). The number of nitrogens with one attached hydrogen (secondary N) is 2. The van der Waals surface area contributed by atoms with Crippen molar-refractivity contribution in [3.05, 3.63) is 60.3 Å². The quantitative estimate of drug-likeness (QED) is 0.379. The number of hydrogen-bond donors (Lipinski definition) is 3. The predicted molar refractivity (Wildman–Crippen MR) is 101 cm³/mol. The molecule has 0 atom stereocenters. The number of hydrogen-bond acceptors (Lipinski definition) is 6. The van der Waals surface area contributed by atoms with Crippen molar-refractivity contribution < 1.29 is 0 Å². The summed E-state index contributed by atoms with van der Waals surface area (Å²) in [5.41, 5.74) is 8.59. The second kappa shape index (κ2) is 6.45. The molecule has 0 radical (unpaired) electrons. The Morgan fingerprint density at radius 2 is 1.84 bits per heavy atom. The normalized spacial score (nSPS) is 10.9. The number of benzene rings is 2. The molecule has 0 saturated heterocycles. The van der Waals surface area contributed by atoms with Gasteiger partial charge in [-0.25, -0.2) is 9.97 Å². The molecule has 0 aliphatic carbocycles. The molecule has 0 amide bonds. The second-order valence-electron chi connectivity index (χ2n) is 5.57. The molecular weight excluding hydrogens is 332 g/mol. The Balaban J connectivity index is 1.76. The van der Waals surface area contributed by atoms with E-state index in [2.05, 4.69) is 25.5 Å². The number of aryl methyl sites for hydroxylation is 1. The fourth-order valence-electron chi connectivity index (χ4n) is 2.47. The van der Waals surface area contributed by atoms with Crippen LogP contribution in [0.4, 0.5) is 17.3 Å². The van der Waals surface area contributed by atoms with Crippen LogP contribution in [0.25, 0.3) is 10.9 Å². The number of nitrogen functional groups attached to an aromatic ring is 1. The van der Waals surface area contributed by atoms with Gasteiger partial charge in [-0.15, -0.1) is 0 Å². The summed E-state index contributed by atoms with van der Waals surface area (Å²) < 4.78 is 0. The number of H-pyrrole nitrogens is 1. The van der Waals surface area contributed by atoms with Crippen LogP contribution in [0.1, 0.15) is 5.69 Å². The van der Waals surface area contributed by atoms with E-state index >= 15 is 0 Å². The van der Waals surface area contributed by atoms with Crippen molar-refractivity contribution in [2.24, 2.45) is 0 Å². The zero-order chi connectivity index (χ0) is 17.2. The summed E-state index contributed by atoms with van der Waals surface area (Å²) in [5.74, 6) is 1.44. The molecule has 4 rings (SSSR count). The van der Waals surface area contributed by atoms with Crippen molar-refractivity contribution in [2.45, 2.75) is 17.0 Å². The summed E-state index contributed by atoms with van der Waals surface area (Å²) in [5, 5.41) is 12.0. The Labute approximate surface area is 148 Å². The maximum absolute atomic E-state index is 6.04. The first kappa shape index (κ1) is 15.5. The summed E-state index contributed by atoms with van der Waals surface area (Å²) in [7, 11) is 0. The van der Waals surface area contributed by atoms with Gasteiger partial charge in [-0.1, -0.05) is 24.3 Å². The highest BCUT2D eigenvalue weighted by Gasteiger charge is 2.11. The fraction of sp³-hybridized carbons (Fsp3) is 0.0556. The van der Waals surface area contributed by atoms with E-state index in [1.165, 1.54) is 11.8 Å². The average molecular weight is 348 g/mol. The molecule has 0 saturated carbocycles. The van der Waals surface area contributed by atoms with Crippen molar-refractivity contribution in [1.82, 2.24) is 20.2 Å². The maximum Gasteiger partial charge on any atom is 0.195 e. The number of aromatic nitrogens is 4. The van der Waals surface area contributed by atoms with Crippen LogP contribution in [-0.2, 0) is 0 Å². The molecule has 2 aromatic carbocycles. The molecule has 4 aromatic rings. The monoisotopic (exact) mass is 348 g/mol. The van der Waals surface area contributed by atoms with Gasteiger partial charge in [-0.3, -0.25) is 5.10 Å². The molecule has 0 unspecified atom stereocenters. The minimum absolute atomic E-state index is 0.631. The Morgan fingerprint density at radius 3 is 2.64 bits per heavy atom. The van der Waals surface area contributed by atoms with Crippen LogP contribution in [0.2, 0.25) is 0 Å². The molecule has 25 heavy (non-hydrogen) atoms. The molecule has 0 fully saturated rings. The number of nitrogens with two attached hydrogens (primary N) is 1. The molecule has 6 nitrogen and oxygen atoms in total. The lowest BCUT2D eigenvalue weighted by Crippen LogP contribution is -1.99. The highest BCUT2D eigenvalue weighted by Crippen LogP contribution is 2.32. The van der Waals surface area contributed by atoms with Gasteiger partial charge < -0.3 is 11.1 Å². The highest BCUT2D eigenvalue weighted by molar-refractivity contribution is 7.99. The molecule has 0 bridgehead atoms. The van der Waals surface area contributed by atoms with E-state index in [0.29, 0.717) is 16.7 Å². The van der Waals surface area contributed by atoms with E-state index in [9.17, 15) is 0 Å². The van der Waals surface area contributed by atoms with Gasteiger partial charge >= 0.3 is 0 Å². The molecule has 2 heterocycles. The van der Waals surface area contributed by atoms with Gasteiger partial charge in [-0.2, -0.15) is 5.10 Å². The number of para-hydroxylation sites is 2. The van der Waals surface area contributed by atoms with Crippen molar-refractivity contribution in [2.75, 3.05) is 11.1 Å². The average Bonchev–Trinajstić information content (AvgIpc) is 3.02. The highest BCUT2D eigenvalue weighted by atomic mass is 32.2. The third-order valence-electron chi connectivity index (χ3n) is 3.66. The minimum Gasteiger partial charge on any atom is -0.398 e. The first-order valence-electron chi connectivity index (χ1n) is 7.77. The summed E-state index contributed by atoms with van der Waals surface area (Å²) in [6.45, 7) is 1.95. The summed E-state index contributed by atoms with van der Waals surface area (Å²) in [4.78, 5) is 10.3. The van der Waals surface area contributed by atoms with E-state index in [0.717, 1.165) is 27.3 Å². The summed E-state index contributed by atoms with van der Waals surface area (Å²) >= 11 is 1.44. The Hall–Kier alpha value is -3.06. The number of anilines is 3. The van der Waals surface area contributed by atoms with Gasteiger partial charge in [0.2, 0.25) is 0 Å². The fourth-order valence-corrected chi connectivity index (χ4v) is 3.28. The SMILES string of the molecule is Cc1cc(Nc2nc(Sc3ccccc3N)nc3ccccc23)n[nH]1. The van der Waals surface area contributed by atoms with E-state index in [1.54, 1.807) is 0 Å². The lowest BCUT2D eigenvalue weighted by Gasteiger charge is -2.09. The summed E-state index contributed by atoms with van der Waals surface area (Å²) in [6, 6.07) is 17.5. The van der Waals surface area contributed by atoms with Crippen LogP contribution in [-0.4, -0.2) is 20.2 Å². The Bertz CT molecular complexity index is 1040. The smallest absolute Gasteiger partial charge is 0.195 e. The number of fused-ring (bicyclic) bond motifs is 1. The van der Waals surface area contributed by atoms with Gasteiger partial charge in [-0.05, 0) is 43.0 Å². The Kier molecular flexibility index (Phi) is 3.99. The van der Waals surface area contributed by atoms with Crippen molar-refractivity contribution in [3.8, 4) is 0 Å². The molecule has 7 heteroatoms. The molecule has 2 aromatic heterocycles. The van der Waals surface area contributed by atoms with E-state index < -0.39 is 0 Å². The Morgan fingerprint density at radius 1 is 1.04 bits per heavy atom. The first-order valence-corrected chi connectivity index (χ1v) is 8.59.